The summed E-state index contributed by atoms with van der Waals surface area (Å²) in [5.41, 5.74) is 2.64. The van der Waals surface area contributed by atoms with Gasteiger partial charge in [0.15, 0.2) is 9.84 Å². The minimum Gasteiger partial charge on any atom is -0.414 e. The second kappa shape index (κ2) is 8.06. The van der Waals surface area contributed by atoms with Crippen LogP contribution < -0.4 is 0 Å². The summed E-state index contributed by atoms with van der Waals surface area (Å²) in [4.78, 5) is 5.09. The molecule has 2 aliphatic rings. The van der Waals surface area contributed by atoms with Crippen molar-refractivity contribution in [3.63, 3.8) is 0 Å². The van der Waals surface area contributed by atoms with E-state index in [1.165, 1.54) is 11.1 Å². The van der Waals surface area contributed by atoms with Crippen LogP contribution in [0.2, 0.25) is 0 Å². The predicted molar refractivity (Wildman–Crippen MR) is 109 cm³/mol. The first-order valence-corrected chi connectivity index (χ1v) is 11.9. The molecule has 2 aliphatic heterocycles. The van der Waals surface area contributed by atoms with Crippen LogP contribution in [0.5, 0.6) is 0 Å². The van der Waals surface area contributed by atoms with Gasteiger partial charge in [0, 0.05) is 32.7 Å². The third-order valence-electron chi connectivity index (χ3n) is 5.49. The standard InChI is InChI=1S/C19H26N4O3S2/c1-15-3-2-4-16(11-15)12-21-6-8-22(9-7-21)14-23-19(27)26-18(20-23)17-5-10-28(24,25)13-17/h2-4,11,17H,5-10,12-14H2,1H3/t17-/m0/s1. The number of benzene rings is 1. The highest BCUT2D eigenvalue weighted by Gasteiger charge is 2.33. The predicted octanol–water partition coefficient (Wildman–Crippen LogP) is 2.19. The molecule has 0 unspecified atom stereocenters. The Hall–Kier alpha value is -1.55. The first-order valence-electron chi connectivity index (χ1n) is 9.66. The highest BCUT2D eigenvalue weighted by Crippen LogP contribution is 2.27. The summed E-state index contributed by atoms with van der Waals surface area (Å²) in [5, 5.41) is 4.47. The van der Waals surface area contributed by atoms with E-state index in [1.54, 1.807) is 4.68 Å². The lowest BCUT2D eigenvalue weighted by Gasteiger charge is -2.34. The van der Waals surface area contributed by atoms with Crippen molar-refractivity contribution in [1.82, 2.24) is 19.6 Å². The van der Waals surface area contributed by atoms with Gasteiger partial charge in [-0.3, -0.25) is 9.80 Å². The quantitative estimate of drug-likeness (QED) is 0.684. The summed E-state index contributed by atoms with van der Waals surface area (Å²) >= 11 is 5.30. The van der Waals surface area contributed by atoms with E-state index in [0.29, 0.717) is 23.8 Å². The average Bonchev–Trinajstić information content (AvgIpc) is 3.19. The fourth-order valence-corrected chi connectivity index (χ4v) is 5.83. The number of aryl methyl sites for hydroxylation is 1. The highest BCUT2D eigenvalue weighted by molar-refractivity contribution is 7.91. The minimum absolute atomic E-state index is 0.111. The Morgan fingerprint density at radius 1 is 1.21 bits per heavy atom. The molecule has 0 N–H and O–H groups in total. The molecule has 0 radical (unpaired) electrons. The van der Waals surface area contributed by atoms with Gasteiger partial charge in [0.2, 0.25) is 5.89 Å². The number of rotatable bonds is 5. The third-order valence-corrected chi connectivity index (χ3v) is 7.55. The van der Waals surface area contributed by atoms with Crippen LogP contribution in [0.3, 0.4) is 0 Å². The lowest BCUT2D eigenvalue weighted by molar-refractivity contribution is 0.0973. The molecule has 1 aromatic carbocycles. The van der Waals surface area contributed by atoms with Gasteiger partial charge in [-0.1, -0.05) is 29.8 Å². The first-order chi connectivity index (χ1) is 13.4. The van der Waals surface area contributed by atoms with E-state index >= 15 is 0 Å². The molecule has 1 atom stereocenters. The van der Waals surface area contributed by atoms with Gasteiger partial charge in [0.1, 0.15) is 0 Å². The van der Waals surface area contributed by atoms with Crippen LogP contribution in [-0.2, 0) is 23.1 Å². The van der Waals surface area contributed by atoms with Crippen LogP contribution >= 0.6 is 12.2 Å². The van der Waals surface area contributed by atoms with Gasteiger partial charge in [-0.15, -0.1) is 5.10 Å². The number of hydrogen-bond donors (Lipinski definition) is 0. The van der Waals surface area contributed by atoms with Crippen molar-refractivity contribution in [3.8, 4) is 0 Å². The van der Waals surface area contributed by atoms with Crippen LogP contribution in [0.25, 0.3) is 0 Å². The van der Waals surface area contributed by atoms with Crippen molar-refractivity contribution >= 4 is 22.1 Å². The topological polar surface area (TPSA) is 71.6 Å². The molecule has 2 aromatic rings. The molecule has 4 rings (SSSR count). The summed E-state index contributed by atoms with van der Waals surface area (Å²) < 4.78 is 30.7. The maximum absolute atomic E-state index is 11.7. The zero-order valence-electron chi connectivity index (χ0n) is 16.1. The molecular formula is C19H26N4O3S2. The Balaban J connectivity index is 1.32. The first kappa shape index (κ1) is 19.8. The lowest BCUT2D eigenvalue weighted by atomic mass is 10.1. The average molecular weight is 423 g/mol. The van der Waals surface area contributed by atoms with Crippen LogP contribution in [0.1, 0.15) is 29.4 Å². The molecule has 7 nitrogen and oxygen atoms in total. The number of hydrogen-bond acceptors (Lipinski definition) is 7. The van der Waals surface area contributed by atoms with Crippen molar-refractivity contribution in [1.29, 1.82) is 0 Å². The van der Waals surface area contributed by atoms with E-state index in [0.717, 1.165) is 32.7 Å². The zero-order valence-corrected chi connectivity index (χ0v) is 17.7. The molecule has 0 bridgehead atoms. The van der Waals surface area contributed by atoms with Gasteiger partial charge in [-0.2, -0.15) is 0 Å². The summed E-state index contributed by atoms with van der Waals surface area (Å²) in [6.45, 7) is 7.54. The summed E-state index contributed by atoms with van der Waals surface area (Å²) in [5.74, 6) is 0.610. The van der Waals surface area contributed by atoms with Crippen LogP contribution in [0, 0.1) is 11.8 Å². The van der Waals surface area contributed by atoms with Gasteiger partial charge in [0.25, 0.3) is 4.84 Å². The molecule has 2 saturated heterocycles. The normalized spacial score (nSPS) is 23.2. The Morgan fingerprint density at radius 3 is 2.64 bits per heavy atom. The molecule has 3 heterocycles. The molecule has 152 valence electrons. The Labute approximate surface area is 170 Å². The molecule has 0 amide bonds. The minimum atomic E-state index is -2.97. The number of aromatic nitrogens is 2. The maximum atomic E-state index is 11.7. The van der Waals surface area contributed by atoms with Gasteiger partial charge in [0.05, 0.1) is 24.1 Å². The van der Waals surface area contributed by atoms with Crippen LogP contribution in [-0.4, -0.2) is 65.7 Å². The Bertz CT molecular complexity index is 991. The van der Waals surface area contributed by atoms with Crippen LogP contribution in [0.15, 0.2) is 28.7 Å². The molecule has 0 spiro atoms. The Kier molecular flexibility index (Phi) is 5.69. The number of sulfone groups is 1. The zero-order chi connectivity index (χ0) is 19.7. The largest absolute Gasteiger partial charge is 0.414 e. The van der Waals surface area contributed by atoms with Gasteiger partial charge >= 0.3 is 0 Å². The van der Waals surface area contributed by atoms with Crippen LogP contribution in [0.4, 0.5) is 0 Å². The highest BCUT2D eigenvalue weighted by atomic mass is 32.2. The SMILES string of the molecule is Cc1cccc(CN2CCN(Cn3nc([C@H]4CCS(=O)(=O)C4)oc3=S)CC2)c1. The fourth-order valence-electron chi connectivity index (χ4n) is 3.91. The second-order valence-corrected chi connectivity index (χ2v) is 10.4. The summed E-state index contributed by atoms with van der Waals surface area (Å²) in [7, 11) is -2.97. The third kappa shape index (κ3) is 4.71. The van der Waals surface area contributed by atoms with Crippen molar-refractivity contribution < 1.29 is 12.8 Å². The van der Waals surface area contributed by atoms with E-state index in [9.17, 15) is 8.42 Å². The van der Waals surface area contributed by atoms with E-state index in [1.807, 2.05) is 0 Å². The molecule has 1 aromatic heterocycles. The molecular weight excluding hydrogens is 396 g/mol. The number of piperazine rings is 1. The Morgan fingerprint density at radius 2 is 1.96 bits per heavy atom. The molecule has 28 heavy (non-hydrogen) atoms. The van der Waals surface area contributed by atoms with Crippen molar-refractivity contribution in [3.05, 3.63) is 46.1 Å². The van der Waals surface area contributed by atoms with Crippen molar-refractivity contribution in [2.24, 2.45) is 0 Å². The van der Waals surface area contributed by atoms with E-state index in [2.05, 4.69) is 46.1 Å². The summed E-state index contributed by atoms with van der Waals surface area (Å²) in [6, 6.07) is 8.66. The van der Waals surface area contributed by atoms with E-state index in [4.69, 9.17) is 16.6 Å². The van der Waals surface area contributed by atoms with Gasteiger partial charge < -0.3 is 4.42 Å². The molecule has 2 fully saturated rings. The number of nitrogens with zero attached hydrogens (tertiary/aromatic N) is 4. The van der Waals surface area contributed by atoms with Gasteiger partial charge in [-0.25, -0.2) is 13.1 Å². The second-order valence-electron chi connectivity index (χ2n) is 7.83. The van der Waals surface area contributed by atoms with Crippen molar-refractivity contribution in [2.75, 3.05) is 37.7 Å². The molecule has 9 heteroatoms. The molecule has 0 aliphatic carbocycles. The van der Waals surface area contributed by atoms with E-state index in [-0.39, 0.29) is 17.4 Å². The smallest absolute Gasteiger partial charge is 0.288 e. The molecule has 0 saturated carbocycles. The fraction of sp³-hybridized carbons (Fsp3) is 0.579. The van der Waals surface area contributed by atoms with Gasteiger partial charge in [-0.05, 0) is 31.1 Å². The summed E-state index contributed by atoms with van der Waals surface area (Å²) in [6.07, 6.45) is 0.565. The lowest BCUT2D eigenvalue weighted by Crippen LogP contribution is -2.46. The van der Waals surface area contributed by atoms with E-state index < -0.39 is 9.84 Å². The maximum Gasteiger partial charge on any atom is 0.288 e. The van der Waals surface area contributed by atoms with Crippen molar-refractivity contribution in [2.45, 2.75) is 32.5 Å². The monoisotopic (exact) mass is 422 g/mol.